The second-order valence-electron chi connectivity index (χ2n) is 5.36. The Morgan fingerprint density at radius 2 is 2.19 bits per heavy atom. The third-order valence-corrected chi connectivity index (χ3v) is 3.93. The molecule has 3 nitrogen and oxygen atoms in total. The first-order valence-electron chi connectivity index (χ1n) is 6.65. The van der Waals surface area contributed by atoms with Crippen LogP contribution < -0.4 is 5.32 Å². The predicted molar refractivity (Wildman–Crippen MR) is 68.6 cm³/mol. The van der Waals surface area contributed by atoms with E-state index in [1.165, 1.54) is 25.7 Å². The zero-order chi connectivity index (χ0) is 12.0. The molecule has 2 N–H and O–H groups in total. The molecule has 16 heavy (non-hydrogen) atoms. The Kier molecular flexibility index (Phi) is 6.32. The zero-order valence-electron chi connectivity index (χ0n) is 11.1. The van der Waals surface area contributed by atoms with E-state index in [1.54, 1.807) is 0 Å². The Hall–Kier alpha value is -0.120. The topological polar surface area (TPSA) is 35.5 Å². The lowest BCUT2D eigenvalue weighted by atomic mass is 9.86. The normalized spacial score (nSPS) is 28.3. The van der Waals surface area contributed by atoms with E-state index in [0.717, 1.165) is 24.9 Å². The quantitative estimate of drug-likeness (QED) is 0.722. The molecular formula is C13H28N2O. The Balaban J connectivity index is 2.34. The second kappa shape index (κ2) is 7.25. The van der Waals surface area contributed by atoms with E-state index in [-0.39, 0.29) is 6.61 Å². The highest BCUT2D eigenvalue weighted by atomic mass is 16.3. The fourth-order valence-electron chi connectivity index (χ4n) is 2.78. The number of aliphatic hydroxyl groups excluding tert-OH is 1. The lowest BCUT2D eigenvalue weighted by Crippen LogP contribution is -2.44. The van der Waals surface area contributed by atoms with E-state index >= 15 is 0 Å². The van der Waals surface area contributed by atoms with Gasteiger partial charge in [-0.1, -0.05) is 19.8 Å². The van der Waals surface area contributed by atoms with Crippen molar-refractivity contribution in [3.8, 4) is 0 Å². The highest BCUT2D eigenvalue weighted by Gasteiger charge is 2.23. The molecule has 3 atom stereocenters. The number of hydrogen-bond acceptors (Lipinski definition) is 3. The van der Waals surface area contributed by atoms with Gasteiger partial charge in [0.2, 0.25) is 0 Å². The summed E-state index contributed by atoms with van der Waals surface area (Å²) < 4.78 is 0. The van der Waals surface area contributed by atoms with Crippen LogP contribution in [0.15, 0.2) is 0 Å². The van der Waals surface area contributed by atoms with Crippen LogP contribution in [0.25, 0.3) is 0 Å². The highest BCUT2D eigenvalue weighted by molar-refractivity contribution is 4.79. The Morgan fingerprint density at radius 1 is 1.44 bits per heavy atom. The maximum absolute atomic E-state index is 8.97. The lowest BCUT2D eigenvalue weighted by molar-refractivity contribution is 0.144. The molecule has 0 aromatic heterocycles. The van der Waals surface area contributed by atoms with Gasteiger partial charge in [-0.25, -0.2) is 0 Å². The van der Waals surface area contributed by atoms with E-state index in [4.69, 9.17) is 5.11 Å². The fourth-order valence-corrected chi connectivity index (χ4v) is 2.78. The van der Waals surface area contributed by atoms with Crippen molar-refractivity contribution < 1.29 is 5.11 Å². The monoisotopic (exact) mass is 228 g/mol. The van der Waals surface area contributed by atoms with Gasteiger partial charge in [0.05, 0.1) is 0 Å². The van der Waals surface area contributed by atoms with Gasteiger partial charge in [0, 0.05) is 25.2 Å². The van der Waals surface area contributed by atoms with Gasteiger partial charge >= 0.3 is 0 Å². The molecule has 1 aliphatic rings. The smallest absolute Gasteiger partial charge is 0.0446 e. The molecule has 0 aromatic carbocycles. The Bertz CT molecular complexity index is 187. The molecule has 1 rings (SSSR count). The summed E-state index contributed by atoms with van der Waals surface area (Å²) in [4.78, 5) is 2.48. The SMILES string of the molecule is CNC(CCO)CN(C)C1CCCC(C)C1. The van der Waals surface area contributed by atoms with Crippen molar-refractivity contribution in [3.05, 3.63) is 0 Å². The molecule has 0 saturated heterocycles. The van der Waals surface area contributed by atoms with Crippen molar-refractivity contribution in [1.82, 2.24) is 10.2 Å². The van der Waals surface area contributed by atoms with Crippen LogP contribution in [-0.4, -0.2) is 49.3 Å². The van der Waals surface area contributed by atoms with Crippen LogP contribution in [0.5, 0.6) is 0 Å². The van der Waals surface area contributed by atoms with Crippen LogP contribution >= 0.6 is 0 Å². The van der Waals surface area contributed by atoms with E-state index in [2.05, 4.69) is 24.2 Å². The molecule has 0 amide bonds. The molecule has 0 radical (unpaired) electrons. The number of rotatable bonds is 6. The Labute approximate surface area is 100 Å². The van der Waals surface area contributed by atoms with Crippen molar-refractivity contribution in [3.63, 3.8) is 0 Å². The molecule has 1 fully saturated rings. The third-order valence-electron chi connectivity index (χ3n) is 3.93. The maximum atomic E-state index is 8.97. The minimum Gasteiger partial charge on any atom is -0.396 e. The van der Waals surface area contributed by atoms with Crippen molar-refractivity contribution >= 4 is 0 Å². The molecule has 0 aromatic rings. The average molecular weight is 228 g/mol. The number of hydrogen-bond donors (Lipinski definition) is 2. The van der Waals surface area contributed by atoms with Crippen LogP contribution in [0.2, 0.25) is 0 Å². The molecule has 0 aliphatic heterocycles. The molecule has 0 spiro atoms. The number of nitrogens with one attached hydrogen (secondary N) is 1. The lowest BCUT2D eigenvalue weighted by Gasteiger charge is -2.36. The third kappa shape index (κ3) is 4.40. The largest absolute Gasteiger partial charge is 0.396 e. The average Bonchev–Trinajstić information content (AvgIpc) is 2.28. The van der Waals surface area contributed by atoms with Crippen LogP contribution in [0, 0.1) is 5.92 Å². The first kappa shape index (κ1) is 13.9. The second-order valence-corrected chi connectivity index (χ2v) is 5.36. The summed E-state index contributed by atoms with van der Waals surface area (Å²) in [7, 11) is 4.21. The summed E-state index contributed by atoms with van der Waals surface area (Å²) >= 11 is 0. The van der Waals surface area contributed by atoms with E-state index < -0.39 is 0 Å². The zero-order valence-corrected chi connectivity index (χ0v) is 11.1. The molecule has 0 bridgehead atoms. The van der Waals surface area contributed by atoms with Crippen LogP contribution in [0.1, 0.15) is 39.0 Å². The van der Waals surface area contributed by atoms with Crippen molar-refractivity contribution in [1.29, 1.82) is 0 Å². The van der Waals surface area contributed by atoms with E-state index in [1.807, 2.05) is 7.05 Å². The van der Waals surface area contributed by atoms with Gasteiger partial charge in [-0.3, -0.25) is 0 Å². The molecule has 3 heteroatoms. The standard InChI is InChI=1S/C13H28N2O/c1-11-5-4-6-13(9-11)15(3)10-12(14-2)7-8-16/h11-14,16H,4-10H2,1-3H3. The minimum absolute atomic E-state index is 0.278. The van der Waals surface area contributed by atoms with Gasteiger partial charge in [0.25, 0.3) is 0 Å². The number of aliphatic hydroxyl groups is 1. The minimum atomic E-state index is 0.278. The summed E-state index contributed by atoms with van der Waals surface area (Å²) in [5.41, 5.74) is 0. The predicted octanol–water partition coefficient (Wildman–Crippen LogP) is 1.47. The van der Waals surface area contributed by atoms with Crippen LogP contribution in [0.3, 0.4) is 0 Å². The van der Waals surface area contributed by atoms with E-state index in [0.29, 0.717) is 6.04 Å². The van der Waals surface area contributed by atoms with Crippen molar-refractivity contribution in [2.24, 2.45) is 5.92 Å². The highest BCUT2D eigenvalue weighted by Crippen LogP contribution is 2.26. The van der Waals surface area contributed by atoms with Gasteiger partial charge in [0.1, 0.15) is 0 Å². The summed E-state index contributed by atoms with van der Waals surface area (Å²) in [5, 5.41) is 12.3. The summed E-state index contributed by atoms with van der Waals surface area (Å²) in [5.74, 6) is 0.882. The van der Waals surface area contributed by atoms with Crippen molar-refractivity contribution in [2.75, 3.05) is 27.2 Å². The van der Waals surface area contributed by atoms with Crippen molar-refractivity contribution in [2.45, 2.75) is 51.1 Å². The molecule has 3 unspecified atom stereocenters. The number of likely N-dealkylation sites (N-methyl/N-ethyl adjacent to an activating group) is 2. The summed E-state index contributed by atoms with van der Waals surface area (Å²) in [6.45, 7) is 3.69. The first-order chi connectivity index (χ1) is 7.67. The first-order valence-corrected chi connectivity index (χ1v) is 6.65. The summed E-state index contributed by atoms with van der Waals surface area (Å²) in [6, 6.07) is 1.17. The molecule has 1 saturated carbocycles. The summed E-state index contributed by atoms with van der Waals surface area (Å²) in [6.07, 6.45) is 6.31. The number of nitrogens with zero attached hydrogens (tertiary/aromatic N) is 1. The van der Waals surface area contributed by atoms with Gasteiger partial charge in [0.15, 0.2) is 0 Å². The van der Waals surface area contributed by atoms with E-state index in [9.17, 15) is 0 Å². The molecule has 96 valence electrons. The van der Waals surface area contributed by atoms with Gasteiger partial charge in [-0.05, 0) is 39.3 Å². The molecular weight excluding hydrogens is 200 g/mol. The molecule has 1 aliphatic carbocycles. The fraction of sp³-hybridized carbons (Fsp3) is 1.00. The molecule has 0 heterocycles. The Morgan fingerprint density at radius 3 is 2.75 bits per heavy atom. The van der Waals surface area contributed by atoms with Crippen LogP contribution in [0.4, 0.5) is 0 Å². The van der Waals surface area contributed by atoms with Gasteiger partial charge in [-0.2, -0.15) is 0 Å². The van der Waals surface area contributed by atoms with Crippen LogP contribution in [-0.2, 0) is 0 Å². The maximum Gasteiger partial charge on any atom is 0.0446 e. The van der Waals surface area contributed by atoms with Gasteiger partial charge < -0.3 is 15.3 Å². The van der Waals surface area contributed by atoms with Gasteiger partial charge in [-0.15, -0.1) is 0 Å².